The van der Waals surface area contributed by atoms with E-state index in [1.54, 1.807) is 23.4 Å². The Morgan fingerprint density at radius 3 is 2.71 bits per heavy atom. The number of amides is 2. The van der Waals surface area contributed by atoms with Gasteiger partial charge in [-0.05, 0) is 29.7 Å². The zero-order valence-corrected chi connectivity index (χ0v) is 13.8. The van der Waals surface area contributed by atoms with Gasteiger partial charge in [0, 0.05) is 31.0 Å². The largest absolute Gasteiger partial charge is 0.312 e. The van der Waals surface area contributed by atoms with E-state index in [9.17, 15) is 9.59 Å². The number of aromatic nitrogens is 2. The molecule has 6 heteroatoms. The molecule has 2 aromatic rings. The molecule has 0 saturated carbocycles. The van der Waals surface area contributed by atoms with Crippen molar-refractivity contribution >= 4 is 23.5 Å². The van der Waals surface area contributed by atoms with Crippen LogP contribution in [-0.4, -0.2) is 28.3 Å². The van der Waals surface area contributed by atoms with Crippen molar-refractivity contribution in [2.45, 2.75) is 26.2 Å². The quantitative estimate of drug-likeness (QED) is 0.938. The van der Waals surface area contributed by atoms with Crippen molar-refractivity contribution in [1.82, 2.24) is 9.97 Å². The molecular weight excluding hydrogens is 304 g/mol. The van der Waals surface area contributed by atoms with Gasteiger partial charge >= 0.3 is 0 Å². The molecule has 1 aromatic carbocycles. The number of rotatable bonds is 4. The van der Waals surface area contributed by atoms with Gasteiger partial charge in [-0.15, -0.1) is 0 Å². The van der Waals surface area contributed by atoms with Crippen LogP contribution in [0.15, 0.2) is 42.7 Å². The summed E-state index contributed by atoms with van der Waals surface area (Å²) in [6, 6.07) is 9.60. The highest BCUT2D eigenvalue weighted by Gasteiger charge is 2.35. The fraction of sp³-hybridized carbons (Fsp3) is 0.333. The number of nitrogens with one attached hydrogen (secondary N) is 1. The Labute approximate surface area is 140 Å². The van der Waals surface area contributed by atoms with Crippen molar-refractivity contribution < 1.29 is 9.59 Å². The first-order valence-electron chi connectivity index (χ1n) is 8.03. The molecule has 6 nitrogen and oxygen atoms in total. The van der Waals surface area contributed by atoms with Crippen LogP contribution < -0.4 is 10.2 Å². The zero-order valence-electron chi connectivity index (χ0n) is 13.8. The molecule has 1 saturated heterocycles. The highest BCUT2D eigenvalue weighted by molar-refractivity contribution is 6.03. The lowest BCUT2D eigenvalue weighted by Gasteiger charge is -2.18. The minimum absolute atomic E-state index is 0.0370. The Balaban J connectivity index is 1.71. The molecule has 1 N–H and O–H groups in total. The van der Waals surface area contributed by atoms with Crippen LogP contribution >= 0.6 is 0 Å². The maximum atomic E-state index is 12.3. The van der Waals surface area contributed by atoms with Crippen LogP contribution in [0.2, 0.25) is 0 Å². The average Bonchev–Trinajstić information content (AvgIpc) is 2.98. The lowest BCUT2D eigenvalue weighted by molar-refractivity contribution is -0.122. The lowest BCUT2D eigenvalue weighted by atomic mass is 10.0. The lowest BCUT2D eigenvalue weighted by Crippen LogP contribution is -2.28. The first-order chi connectivity index (χ1) is 11.5. The van der Waals surface area contributed by atoms with Gasteiger partial charge < -0.3 is 4.90 Å². The summed E-state index contributed by atoms with van der Waals surface area (Å²) in [5.74, 6) is -0.0155. The van der Waals surface area contributed by atoms with Gasteiger partial charge in [0.1, 0.15) is 0 Å². The Morgan fingerprint density at radius 2 is 2.00 bits per heavy atom. The van der Waals surface area contributed by atoms with Crippen molar-refractivity contribution in [2.75, 3.05) is 16.8 Å². The van der Waals surface area contributed by atoms with Crippen molar-refractivity contribution in [3.63, 3.8) is 0 Å². The fourth-order valence-corrected chi connectivity index (χ4v) is 2.76. The zero-order chi connectivity index (χ0) is 17.1. The number of hydrogen-bond acceptors (Lipinski definition) is 4. The molecule has 1 unspecified atom stereocenters. The molecule has 2 amide bonds. The summed E-state index contributed by atoms with van der Waals surface area (Å²) in [6.45, 7) is 4.60. The first-order valence-corrected chi connectivity index (χ1v) is 8.03. The summed E-state index contributed by atoms with van der Waals surface area (Å²) in [5.41, 5.74) is 2.02. The molecule has 2 heterocycles. The summed E-state index contributed by atoms with van der Waals surface area (Å²) in [4.78, 5) is 34.3. The predicted molar refractivity (Wildman–Crippen MR) is 91.7 cm³/mol. The van der Waals surface area contributed by atoms with Crippen LogP contribution in [0.4, 0.5) is 11.6 Å². The van der Waals surface area contributed by atoms with E-state index in [0.29, 0.717) is 12.5 Å². The van der Waals surface area contributed by atoms with Gasteiger partial charge in [-0.2, -0.15) is 0 Å². The Morgan fingerprint density at radius 1 is 1.25 bits per heavy atom. The van der Waals surface area contributed by atoms with Crippen molar-refractivity contribution in [3.05, 3.63) is 48.3 Å². The number of anilines is 2. The SMILES string of the molecule is CC(C)c1cccc(N2CC(C(=O)Nc3ncccn3)CC2=O)c1. The normalized spacial score (nSPS) is 17.4. The second-order valence-electron chi connectivity index (χ2n) is 6.22. The summed E-state index contributed by atoms with van der Waals surface area (Å²) < 4.78 is 0. The van der Waals surface area contributed by atoms with Crippen LogP contribution in [0.5, 0.6) is 0 Å². The highest BCUT2D eigenvalue weighted by atomic mass is 16.2. The van der Waals surface area contributed by atoms with Gasteiger partial charge in [0.2, 0.25) is 17.8 Å². The topological polar surface area (TPSA) is 75.2 Å². The molecule has 124 valence electrons. The third-order valence-corrected chi connectivity index (χ3v) is 4.15. The van der Waals surface area contributed by atoms with Gasteiger partial charge in [-0.3, -0.25) is 14.9 Å². The van der Waals surface area contributed by atoms with Gasteiger partial charge in [0.05, 0.1) is 5.92 Å². The molecule has 0 radical (unpaired) electrons. The Bertz CT molecular complexity index is 746. The van der Waals surface area contributed by atoms with Crippen molar-refractivity contribution in [1.29, 1.82) is 0 Å². The number of nitrogens with zero attached hydrogens (tertiary/aromatic N) is 3. The fourth-order valence-electron chi connectivity index (χ4n) is 2.76. The van der Waals surface area contributed by atoms with E-state index in [-0.39, 0.29) is 24.2 Å². The molecule has 24 heavy (non-hydrogen) atoms. The van der Waals surface area contributed by atoms with Gasteiger partial charge in [0.25, 0.3) is 0 Å². The highest BCUT2D eigenvalue weighted by Crippen LogP contribution is 2.28. The summed E-state index contributed by atoms with van der Waals surface area (Å²) in [5, 5.41) is 2.67. The monoisotopic (exact) mass is 324 g/mol. The molecule has 0 bridgehead atoms. The van der Waals surface area contributed by atoms with Crippen molar-refractivity contribution in [2.24, 2.45) is 5.92 Å². The molecule has 1 aliphatic rings. The number of carbonyl (C=O) groups excluding carboxylic acids is 2. The summed E-state index contributed by atoms with van der Waals surface area (Å²) >= 11 is 0. The minimum atomic E-state index is -0.399. The van der Waals surface area contributed by atoms with Gasteiger partial charge in [0.15, 0.2) is 0 Å². The van der Waals surface area contributed by atoms with Crippen LogP contribution in [0.1, 0.15) is 31.7 Å². The van der Waals surface area contributed by atoms with Crippen LogP contribution in [0.25, 0.3) is 0 Å². The minimum Gasteiger partial charge on any atom is -0.312 e. The van der Waals surface area contributed by atoms with E-state index in [2.05, 4.69) is 29.1 Å². The Kier molecular flexibility index (Phi) is 4.55. The molecule has 1 aliphatic heterocycles. The molecule has 0 spiro atoms. The number of hydrogen-bond donors (Lipinski definition) is 1. The standard InChI is InChI=1S/C18H20N4O2/c1-12(2)13-5-3-6-15(9-13)22-11-14(10-16(22)23)17(24)21-18-19-7-4-8-20-18/h3-9,12,14H,10-11H2,1-2H3,(H,19,20,21,24). The van der Waals surface area contributed by atoms with Gasteiger partial charge in [-0.1, -0.05) is 26.0 Å². The molecule has 1 aromatic heterocycles. The predicted octanol–water partition coefficient (Wildman–Crippen LogP) is 2.59. The van der Waals surface area contributed by atoms with E-state index in [0.717, 1.165) is 5.69 Å². The molecule has 3 rings (SSSR count). The molecule has 1 atom stereocenters. The second kappa shape index (κ2) is 6.78. The first kappa shape index (κ1) is 16.1. The van der Waals surface area contributed by atoms with Crippen LogP contribution in [-0.2, 0) is 9.59 Å². The smallest absolute Gasteiger partial charge is 0.232 e. The van der Waals surface area contributed by atoms with Crippen molar-refractivity contribution in [3.8, 4) is 0 Å². The maximum Gasteiger partial charge on any atom is 0.232 e. The molecular formula is C18H20N4O2. The van der Waals surface area contributed by atoms with E-state index in [4.69, 9.17) is 0 Å². The van der Waals surface area contributed by atoms with E-state index in [1.807, 2.05) is 24.3 Å². The number of carbonyl (C=O) groups is 2. The van der Waals surface area contributed by atoms with Gasteiger partial charge in [-0.25, -0.2) is 9.97 Å². The Hall–Kier alpha value is -2.76. The third kappa shape index (κ3) is 3.42. The van der Waals surface area contributed by atoms with Crippen LogP contribution in [0.3, 0.4) is 0 Å². The third-order valence-electron chi connectivity index (χ3n) is 4.15. The second-order valence-corrected chi connectivity index (χ2v) is 6.22. The van der Waals surface area contributed by atoms with E-state index < -0.39 is 5.92 Å². The van der Waals surface area contributed by atoms with E-state index >= 15 is 0 Å². The average molecular weight is 324 g/mol. The summed E-state index contributed by atoms with van der Waals surface area (Å²) in [7, 11) is 0. The molecule has 1 fully saturated rings. The van der Waals surface area contributed by atoms with Crippen LogP contribution in [0, 0.1) is 5.92 Å². The number of benzene rings is 1. The van der Waals surface area contributed by atoms with E-state index in [1.165, 1.54) is 5.56 Å². The summed E-state index contributed by atoms with van der Waals surface area (Å²) in [6.07, 6.45) is 3.32. The molecule has 0 aliphatic carbocycles. The maximum absolute atomic E-state index is 12.3.